The molecule has 0 heterocycles. The number of carbonyl (C=O) groups excluding carboxylic acids is 2. The van der Waals surface area contributed by atoms with Gasteiger partial charge in [0.05, 0.1) is 12.2 Å². The lowest BCUT2D eigenvalue weighted by Crippen LogP contribution is -2.13. The Balaban J connectivity index is 3.01. The molecule has 0 amide bonds. The molecule has 0 N–H and O–H groups in total. The maximum Gasteiger partial charge on any atom is 0.416 e. The maximum absolute atomic E-state index is 12.9. The molecular formula is C14H15F3O3. The average Bonchev–Trinajstić information content (AvgIpc) is 2.35. The summed E-state index contributed by atoms with van der Waals surface area (Å²) in [7, 11) is 0. The van der Waals surface area contributed by atoms with Crippen molar-refractivity contribution < 1.29 is 27.5 Å². The molecular weight excluding hydrogens is 273 g/mol. The van der Waals surface area contributed by atoms with Crippen LogP contribution in [0.3, 0.4) is 0 Å². The van der Waals surface area contributed by atoms with E-state index in [0.29, 0.717) is 0 Å². The Morgan fingerprint density at radius 2 is 1.90 bits per heavy atom. The third kappa shape index (κ3) is 4.36. The molecule has 0 saturated carbocycles. The normalized spacial score (nSPS) is 11.2. The Kier molecular flexibility index (Phi) is 5.30. The van der Waals surface area contributed by atoms with E-state index in [1.54, 1.807) is 6.92 Å². The molecule has 0 unspecified atom stereocenters. The molecule has 0 radical (unpaired) electrons. The lowest BCUT2D eigenvalue weighted by Gasteiger charge is -2.13. The topological polar surface area (TPSA) is 43.4 Å². The summed E-state index contributed by atoms with van der Waals surface area (Å²) in [5.41, 5.74) is -0.901. The average molecular weight is 288 g/mol. The molecule has 0 saturated heterocycles. The minimum absolute atomic E-state index is 0.00258. The van der Waals surface area contributed by atoms with Crippen LogP contribution in [0.1, 0.15) is 41.8 Å². The minimum Gasteiger partial charge on any atom is -0.466 e. The van der Waals surface area contributed by atoms with Gasteiger partial charge in [-0.3, -0.25) is 9.59 Å². The van der Waals surface area contributed by atoms with Crippen LogP contribution in [0.25, 0.3) is 0 Å². The highest BCUT2D eigenvalue weighted by atomic mass is 19.4. The van der Waals surface area contributed by atoms with Crippen molar-refractivity contribution in [1.82, 2.24) is 0 Å². The van der Waals surface area contributed by atoms with Crippen molar-refractivity contribution >= 4 is 11.8 Å². The number of Topliss-reactive ketones (excluding diaryl/α,β-unsaturated/α-hetero) is 1. The molecule has 0 bridgehead atoms. The van der Waals surface area contributed by atoms with Crippen molar-refractivity contribution in [3.05, 3.63) is 34.9 Å². The summed E-state index contributed by atoms with van der Waals surface area (Å²) in [6, 6.07) is 3.39. The van der Waals surface area contributed by atoms with Crippen LogP contribution in [-0.2, 0) is 22.1 Å². The number of ether oxygens (including phenoxy) is 1. The van der Waals surface area contributed by atoms with Crippen molar-refractivity contribution in [2.45, 2.75) is 32.9 Å². The van der Waals surface area contributed by atoms with Gasteiger partial charge in [-0.15, -0.1) is 0 Å². The number of hydrogen-bond donors (Lipinski definition) is 0. The number of ketones is 1. The van der Waals surface area contributed by atoms with Gasteiger partial charge in [0, 0.05) is 12.0 Å². The van der Waals surface area contributed by atoms with E-state index < -0.39 is 23.5 Å². The first-order chi connectivity index (χ1) is 9.25. The highest BCUT2D eigenvalue weighted by Gasteiger charge is 2.33. The predicted octanol–water partition coefficient (Wildman–Crippen LogP) is 3.40. The Morgan fingerprint density at radius 3 is 2.40 bits per heavy atom. The quantitative estimate of drug-likeness (QED) is 0.616. The van der Waals surface area contributed by atoms with E-state index >= 15 is 0 Å². The van der Waals surface area contributed by atoms with Crippen LogP contribution in [0.5, 0.6) is 0 Å². The third-order valence-electron chi connectivity index (χ3n) is 2.73. The first-order valence-electron chi connectivity index (χ1n) is 6.12. The van der Waals surface area contributed by atoms with Crippen LogP contribution in [-0.4, -0.2) is 18.4 Å². The van der Waals surface area contributed by atoms with Crippen molar-refractivity contribution in [3.63, 3.8) is 0 Å². The fraction of sp³-hybridized carbons (Fsp3) is 0.429. The standard InChI is InChI=1S/C14H15F3O3/c1-3-20-13(19)7-6-10-4-5-11(9(2)18)8-12(10)14(15,16)17/h4-5,8H,3,6-7H2,1-2H3. The number of esters is 1. The van der Waals surface area contributed by atoms with Crippen LogP contribution in [0, 0.1) is 0 Å². The zero-order valence-electron chi connectivity index (χ0n) is 11.2. The molecule has 1 aromatic rings. The van der Waals surface area contributed by atoms with Gasteiger partial charge in [-0.05, 0) is 31.9 Å². The monoisotopic (exact) mass is 288 g/mol. The van der Waals surface area contributed by atoms with Crippen molar-refractivity contribution in [2.75, 3.05) is 6.61 Å². The number of rotatable bonds is 5. The first-order valence-corrected chi connectivity index (χ1v) is 6.12. The van der Waals surface area contributed by atoms with Gasteiger partial charge in [0.25, 0.3) is 0 Å². The SMILES string of the molecule is CCOC(=O)CCc1ccc(C(C)=O)cc1C(F)(F)F. The molecule has 0 aliphatic carbocycles. The van der Waals surface area contributed by atoms with Crippen LogP contribution in [0.4, 0.5) is 13.2 Å². The van der Waals surface area contributed by atoms with E-state index in [9.17, 15) is 22.8 Å². The van der Waals surface area contributed by atoms with E-state index in [1.165, 1.54) is 19.1 Å². The second kappa shape index (κ2) is 6.54. The van der Waals surface area contributed by atoms with Crippen LogP contribution >= 0.6 is 0 Å². The fourth-order valence-electron chi connectivity index (χ4n) is 1.75. The molecule has 110 valence electrons. The molecule has 0 fully saturated rings. The van der Waals surface area contributed by atoms with Crippen molar-refractivity contribution in [2.24, 2.45) is 0 Å². The van der Waals surface area contributed by atoms with Crippen LogP contribution < -0.4 is 0 Å². The summed E-state index contributed by atoms with van der Waals surface area (Å²) >= 11 is 0. The zero-order valence-corrected chi connectivity index (χ0v) is 11.2. The maximum atomic E-state index is 12.9. The second-order valence-electron chi connectivity index (χ2n) is 4.23. The smallest absolute Gasteiger partial charge is 0.416 e. The van der Waals surface area contributed by atoms with E-state index in [2.05, 4.69) is 4.74 Å². The Bertz CT molecular complexity index is 507. The Labute approximate surface area is 114 Å². The summed E-state index contributed by atoms with van der Waals surface area (Å²) in [5, 5.41) is 0. The molecule has 1 rings (SSSR count). The lowest BCUT2D eigenvalue weighted by molar-refractivity contribution is -0.144. The third-order valence-corrected chi connectivity index (χ3v) is 2.73. The van der Waals surface area contributed by atoms with E-state index in [-0.39, 0.29) is 30.6 Å². The van der Waals surface area contributed by atoms with Gasteiger partial charge in [-0.2, -0.15) is 13.2 Å². The lowest BCUT2D eigenvalue weighted by atomic mass is 9.98. The van der Waals surface area contributed by atoms with Gasteiger partial charge in [-0.25, -0.2) is 0 Å². The fourth-order valence-corrected chi connectivity index (χ4v) is 1.75. The molecule has 6 heteroatoms. The number of hydrogen-bond acceptors (Lipinski definition) is 3. The van der Waals surface area contributed by atoms with Gasteiger partial charge >= 0.3 is 12.1 Å². The van der Waals surface area contributed by atoms with E-state index in [4.69, 9.17) is 0 Å². The largest absolute Gasteiger partial charge is 0.466 e. The molecule has 3 nitrogen and oxygen atoms in total. The van der Waals surface area contributed by atoms with Gasteiger partial charge in [-0.1, -0.05) is 12.1 Å². The number of benzene rings is 1. The van der Waals surface area contributed by atoms with E-state index in [0.717, 1.165) is 6.07 Å². The molecule has 0 aliphatic heterocycles. The van der Waals surface area contributed by atoms with Gasteiger partial charge in [0.2, 0.25) is 0 Å². The van der Waals surface area contributed by atoms with Crippen molar-refractivity contribution in [1.29, 1.82) is 0 Å². The summed E-state index contributed by atoms with van der Waals surface area (Å²) in [6.45, 7) is 3.02. The minimum atomic E-state index is -4.56. The molecule has 0 spiro atoms. The number of carbonyl (C=O) groups is 2. The molecule has 0 aromatic heterocycles. The van der Waals surface area contributed by atoms with Gasteiger partial charge in [0.1, 0.15) is 0 Å². The summed E-state index contributed by atoms with van der Waals surface area (Å²) in [6.07, 6.45) is -4.77. The summed E-state index contributed by atoms with van der Waals surface area (Å²) in [5.74, 6) is -0.983. The Morgan fingerprint density at radius 1 is 1.25 bits per heavy atom. The number of aryl methyl sites for hydroxylation is 1. The molecule has 0 atom stereocenters. The zero-order chi connectivity index (χ0) is 15.3. The van der Waals surface area contributed by atoms with E-state index in [1.807, 2.05) is 0 Å². The molecule has 20 heavy (non-hydrogen) atoms. The molecule has 1 aromatic carbocycles. The second-order valence-corrected chi connectivity index (χ2v) is 4.23. The van der Waals surface area contributed by atoms with Gasteiger partial charge in [0.15, 0.2) is 5.78 Å². The highest BCUT2D eigenvalue weighted by Crippen LogP contribution is 2.33. The highest BCUT2D eigenvalue weighted by molar-refractivity contribution is 5.94. The predicted molar refractivity (Wildman–Crippen MR) is 66.4 cm³/mol. The Hall–Kier alpha value is -1.85. The van der Waals surface area contributed by atoms with Crippen LogP contribution in [0.2, 0.25) is 0 Å². The summed E-state index contributed by atoms with van der Waals surface area (Å²) in [4.78, 5) is 22.3. The molecule has 0 aliphatic rings. The van der Waals surface area contributed by atoms with Gasteiger partial charge < -0.3 is 4.74 Å². The number of halogens is 3. The first kappa shape index (κ1) is 16.2. The summed E-state index contributed by atoms with van der Waals surface area (Å²) < 4.78 is 43.5. The van der Waals surface area contributed by atoms with Crippen LogP contribution in [0.15, 0.2) is 18.2 Å². The number of alkyl halides is 3. The van der Waals surface area contributed by atoms with Crippen molar-refractivity contribution in [3.8, 4) is 0 Å².